The topological polar surface area (TPSA) is 28.3 Å². The second-order valence-corrected chi connectivity index (χ2v) is 4.67. The highest BCUT2D eigenvalue weighted by atomic mass is 32.1. The lowest BCUT2D eigenvalue weighted by molar-refractivity contribution is 0.406. The van der Waals surface area contributed by atoms with E-state index in [-0.39, 0.29) is 0 Å². The lowest BCUT2D eigenvalue weighted by Gasteiger charge is -2.16. The van der Waals surface area contributed by atoms with E-state index in [0.29, 0.717) is 9.28 Å². The molecule has 0 saturated heterocycles. The van der Waals surface area contributed by atoms with Gasteiger partial charge in [0.15, 0.2) is 0 Å². The third-order valence-corrected chi connectivity index (χ3v) is 4.04. The number of nitrogens with zero attached hydrogens (tertiary/aromatic N) is 2. The largest absolute Gasteiger partial charge is 0.494 e. The summed E-state index contributed by atoms with van der Waals surface area (Å²) in [6.45, 7) is 0. The molecule has 0 aliphatic carbocycles. The van der Waals surface area contributed by atoms with Crippen LogP contribution in [0.4, 0.5) is 0 Å². The minimum absolute atomic E-state index is 0.603. The zero-order chi connectivity index (χ0) is 13.4. The quantitative estimate of drug-likeness (QED) is 0.792. The molecule has 0 N–H and O–H groups in total. The van der Waals surface area contributed by atoms with E-state index in [1.165, 1.54) is 0 Å². The summed E-state index contributed by atoms with van der Waals surface area (Å²) < 4.78 is 15.7. The van der Waals surface area contributed by atoms with Crippen LogP contribution in [-0.4, -0.2) is 23.4 Å². The Labute approximate surface area is 115 Å². The van der Waals surface area contributed by atoms with Crippen LogP contribution < -0.4 is 9.47 Å². The van der Waals surface area contributed by atoms with Gasteiger partial charge in [-0.15, -0.1) is 0 Å². The lowest BCUT2D eigenvalue weighted by atomic mass is 10.2. The average molecular weight is 282 g/mol. The molecule has 0 amide bonds. The Bertz CT molecular complexity index is 669. The van der Waals surface area contributed by atoms with Crippen LogP contribution in [0.15, 0.2) is 12.1 Å². The molecule has 96 valence electrons. The number of methoxy groups -OCH3 is 2. The number of fused-ring (bicyclic) bond motifs is 1. The number of ether oxygens (including phenoxy) is 2. The highest BCUT2D eigenvalue weighted by Gasteiger charge is 2.13. The standard InChI is InChI=1S/C12H14N2O2S2/c1-13-9-7(15-3)5-6-8(16-4)10(9)14(2)12(18)11(13)17/h5-6H,1-4H3. The monoisotopic (exact) mass is 282 g/mol. The van der Waals surface area contributed by atoms with Crippen LogP contribution >= 0.6 is 24.4 Å². The maximum absolute atomic E-state index is 5.39. The van der Waals surface area contributed by atoms with Crippen LogP contribution in [0.1, 0.15) is 0 Å². The van der Waals surface area contributed by atoms with Crippen LogP contribution in [0, 0.1) is 9.28 Å². The fourth-order valence-electron chi connectivity index (χ4n) is 2.01. The summed E-state index contributed by atoms with van der Waals surface area (Å²) in [5.74, 6) is 1.48. The third-order valence-electron chi connectivity index (χ3n) is 2.98. The Hall–Kier alpha value is -1.40. The summed E-state index contributed by atoms with van der Waals surface area (Å²) in [6, 6.07) is 3.72. The first-order valence-electron chi connectivity index (χ1n) is 5.33. The molecule has 0 unspecified atom stereocenters. The van der Waals surface area contributed by atoms with E-state index in [1.54, 1.807) is 14.2 Å². The van der Waals surface area contributed by atoms with Crippen LogP contribution in [0.25, 0.3) is 11.0 Å². The number of benzene rings is 1. The SMILES string of the molecule is COc1ccc(OC)c2c1n(C)c(=S)c(=S)n2C. The summed E-state index contributed by atoms with van der Waals surface area (Å²) in [4.78, 5) is 0. The van der Waals surface area contributed by atoms with Gasteiger partial charge in [0.25, 0.3) is 0 Å². The van der Waals surface area contributed by atoms with Crippen molar-refractivity contribution in [1.82, 2.24) is 9.13 Å². The predicted octanol–water partition coefficient (Wildman–Crippen LogP) is 2.99. The van der Waals surface area contributed by atoms with Crippen molar-refractivity contribution < 1.29 is 9.47 Å². The maximum atomic E-state index is 5.39. The Morgan fingerprint density at radius 2 is 1.17 bits per heavy atom. The Morgan fingerprint density at radius 3 is 1.44 bits per heavy atom. The molecule has 0 bridgehead atoms. The molecule has 0 fully saturated rings. The smallest absolute Gasteiger partial charge is 0.144 e. The summed E-state index contributed by atoms with van der Waals surface area (Å²) in [5, 5.41) is 0. The van der Waals surface area contributed by atoms with Crippen molar-refractivity contribution in [1.29, 1.82) is 0 Å². The zero-order valence-corrected chi connectivity index (χ0v) is 12.3. The molecule has 0 atom stereocenters. The predicted molar refractivity (Wildman–Crippen MR) is 76.7 cm³/mol. The summed E-state index contributed by atoms with van der Waals surface area (Å²) in [5.41, 5.74) is 1.75. The highest BCUT2D eigenvalue weighted by Crippen LogP contribution is 2.32. The molecule has 4 nitrogen and oxygen atoms in total. The van der Waals surface area contributed by atoms with Crippen LogP contribution in [0.3, 0.4) is 0 Å². The van der Waals surface area contributed by atoms with Crippen molar-refractivity contribution in [2.75, 3.05) is 14.2 Å². The normalized spacial score (nSPS) is 10.7. The van der Waals surface area contributed by atoms with E-state index >= 15 is 0 Å². The molecule has 1 heterocycles. The van der Waals surface area contributed by atoms with Crippen LogP contribution in [0.2, 0.25) is 0 Å². The van der Waals surface area contributed by atoms with Gasteiger partial charge in [0.2, 0.25) is 0 Å². The van der Waals surface area contributed by atoms with E-state index in [4.69, 9.17) is 33.9 Å². The van der Waals surface area contributed by atoms with E-state index in [0.717, 1.165) is 22.5 Å². The molecule has 0 saturated carbocycles. The zero-order valence-electron chi connectivity index (χ0n) is 10.7. The first-order chi connectivity index (χ1) is 8.52. The molecule has 18 heavy (non-hydrogen) atoms. The molecule has 2 aromatic rings. The minimum atomic E-state index is 0.603. The molecule has 0 spiro atoms. The van der Waals surface area contributed by atoms with Gasteiger partial charge < -0.3 is 18.6 Å². The lowest BCUT2D eigenvalue weighted by Crippen LogP contribution is -2.07. The van der Waals surface area contributed by atoms with Gasteiger partial charge in [0.05, 0.1) is 14.2 Å². The van der Waals surface area contributed by atoms with Crippen LogP contribution in [0.5, 0.6) is 11.5 Å². The van der Waals surface area contributed by atoms with E-state index in [9.17, 15) is 0 Å². The molecular formula is C12H14N2O2S2. The van der Waals surface area contributed by atoms with Gasteiger partial charge >= 0.3 is 0 Å². The molecule has 1 aromatic carbocycles. The number of rotatable bonds is 2. The van der Waals surface area contributed by atoms with Gasteiger partial charge in [-0.25, -0.2) is 0 Å². The van der Waals surface area contributed by atoms with Crippen molar-refractivity contribution in [2.45, 2.75) is 0 Å². The average Bonchev–Trinajstić information content (AvgIpc) is 2.40. The van der Waals surface area contributed by atoms with E-state index in [1.807, 2.05) is 35.4 Å². The van der Waals surface area contributed by atoms with Gasteiger partial charge in [0.1, 0.15) is 31.8 Å². The Kier molecular flexibility index (Phi) is 3.41. The van der Waals surface area contributed by atoms with Gasteiger partial charge in [-0.2, -0.15) is 0 Å². The summed E-state index contributed by atoms with van der Waals surface area (Å²) in [6.07, 6.45) is 0. The Balaban J connectivity index is 3.17. The highest BCUT2D eigenvalue weighted by molar-refractivity contribution is 7.73. The number of hydrogen-bond donors (Lipinski definition) is 0. The third kappa shape index (κ3) is 1.72. The first kappa shape index (κ1) is 13.0. The van der Waals surface area contributed by atoms with Crippen molar-refractivity contribution in [2.24, 2.45) is 14.1 Å². The number of aryl methyl sites for hydroxylation is 2. The van der Waals surface area contributed by atoms with Crippen molar-refractivity contribution in [3.05, 3.63) is 21.4 Å². The first-order valence-corrected chi connectivity index (χ1v) is 6.15. The molecule has 0 radical (unpaired) electrons. The molecule has 6 heteroatoms. The number of hydrogen-bond acceptors (Lipinski definition) is 4. The fourth-order valence-corrected chi connectivity index (χ4v) is 2.47. The van der Waals surface area contributed by atoms with Crippen molar-refractivity contribution >= 4 is 35.5 Å². The molecule has 0 aliphatic heterocycles. The van der Waals surface area contributed by atoms with Gasteiger partial charge in [-0.1, -0.05) is 24.4 Å². The minimum Gasteiger partial charge on any atom is -0.494 e. The van der Waals surface area contributed by atoms with E-state index in [2.05, 4.69) is 0 Å². The van der Waals surface area contributed by atoms with E-state index < -0.39 is 0 Å². The summed E-state index contributed by atoms with van der Waals surface area (Å²) >= 11 is 10.7. The maximum Gasteiger partial charge on any atom is 0.144 e. The molecule has 0 aliphatic rings. The number of aromatic nitrogens is 2. The fraction of sp³-hybridized carbons (Fsp3) is 0.333. The van der Waals surface area contributed by atoms with Crippen LogP contribution in [-0.2, 0) is 14.1 Å². The van der Waals surface area contributed by atoms with Gasteiger partial charge in [-0.05, 0) is 12.1 Å². The molecule has 1 aromatic heterocycles. The molecular weight excluding hydrogens is 268 g/mol. The Morgan fingerprint density at radius 1 is 0.833 bits per heavy atom. The van der Waals surface area contributed by atoms with Crippen molar-refractivity contribution in [3.8, 4) is 11.5 Å². The molecule has 2 rings (SSSR count). The van der Waals surface area contributed by atoms with Gasteiger partial charge in [0, 0.05) is 14.1 Å². The van der Waals surface area contributed by atoms with Crippen molar-refractivity contribution in [3.63, 3.8) is 0 Å². The second-order valence-electron chi connectivity index (χ2n) is 3.90. The second kappa shape index (κ2) is 4.70. The van der Waals surface area contributed by atoms with Gasteiger partial charge in [-0.3, -0.25) is 0 Å². The summed E-state index contributed by atoms with van der Waals surface area (Å²) in [7, 11) is 7.02.